The zero-order valence-corrected chi connectivity index (χ0v) is 14.3. The topological polar surface area (TPSA) is 62.4 Å². The Balaban J connectivity index is 2.24. The second-order valence-electron chi connectivity index (χ2n) is 6.43. The second-order valence-corrected chi connectivity index (χ2v) is 6.43. The van der Waals surface area contributed by atoms with Gasteiger partial charge in [-0.1, -0.05) is 0 Å². The molecule has 2 rings (SSSR count). The fourth-order valence-corrected chi connectivity index (χ4v) is 3.43. The molecule has 1 aromatic heterocycles. The van der Waals surface area contributed by atoms with Crippen molar-refractivity contribution in [1.29, 1.82) is 0 Å². The van der Waals surface area contributed by atoms with E-state index in [1.165, 1.54) is 6.92 Å². The minimum absolute atomic E-state index is 0.00781. The van der Waals surface area contributed by atoms with Crippen molar-refractivity contribution in [3.05, 3.63) is 22.5 Å². The van der Waals surface area contributed by atoms with Crippen LogP contribution in [0.4, 0.5) is 0 Å². The van der Waals surface area contributed by atoms with Gasteiger partial charge in [0, 0.05) is 24.3 Å². The maximum Gasteiger partial charge on any atom is 0.196 e. The average molecular weight is 306 g/mol. The Morgan fingerprint density at radius 2 is 1.77 bits per heavy atom. The molecule has 5 heteroatoms. The molecule has 0 aliphatic carbocycles. The predicted octanol–water partition coefficient (Wildman–Crippen LogP) is 2.51. The predicted molar refractivity (Wildman–Crippen MR) is 85.6 cm³/mol. The van der Waals surface area contributed by atoms with Crippen LogP contribution in [-0.4, -0.2) is 52.8 Å². The normalized spacial score (nSPS) is 24.3. The minimum Gasteiger partial charge on any atom is -0.373 e. The van der Waals surface area contributed by atoms with Crippen LogP contribution in [0.2, 0.25) is 0 Å². The van der Waals surface area contributed by atoms with Crippen LogP contribution in [-0.2, 0) is 4.74 Å². The molecular formula is C17H26N2O3. The minimum atomic E-state index is -0.231. The first-order valence-electron chi connectivity index (χ1n) is 7.86. The molecule has 0 aromatic carbocycles. The largest absolute Gasteiger partial charge is 0.373 e. The quantitative estimate of drug-likeness (QED) is 0.868. The number of Topliss-reactive ketones (excluding diaryl/α,β-unsaturated/α-hetero) is 2. The summed E-state index contributed by atoms with van der Waals surface area (Å²) < 4.78 is 5.72. The van der Waals surface area contributed by atoms with E-state index in [4.69, 9.17) is 4.74 Å². The van der Waals surface area contributed by atoms with Gasteiger partial charge in [0.2, 0.25) is 0 Å². The van der Waals surface area contributed by atoms with Gasteiger partial charge in [-0.05, 0) is 47.1 Å². The number of hydrogen-bond acceptors (Lipinski definition) is 4. The van der Waals surface area contributed by atoms with Crippen molar-refractivity contribution in [2.24, 2.45) is 0 Å². The van der Waals surface area contributed by atoms with E-state index < -0.39 is 0 Å². The Labute approximate surface area is 132 Å². The smallest absolute Gasteiger partial charge is 0.196 e. The van der Waals surface area contributed by atoms with Gasteiger partial charge in [0.1, 0.15) is 0 Å². The highest BCUT2D eigenvalue weighted by Gasteiger charge is 2.31. The Hall–Kier alpha value is -1.46. The molecular weight excluding hydrogens is 280 g/mol. The summed E-state index contributed by atoms with van der Waals surface area (Å²) in [5.41, 5.74) is 2.72. The first-order chi connectivity index (χ1) is 10.2. The van der Waals surface area contributed by atoms with Crippen LogP contribution in [0.5, 0.6) is 0 Å². The lowest BCUT2D eigenvalue weighted by atomic mass is 10.0. The lowest BCUT2D eigenvalue weighted by Gasteiger charge is -2.38. The van der Waals surface area contributed by atoms with Gasteiger partial charge >= 0.3 is 0 Å². The van der Waals surface area contributed by atoms with Crippen molar-refractivity contribution in [2.75, 3.05) is 13.1 Å². The Bertz CT molecular complexity index is 581. The summed E-state index contributed by atoms with van der Waals surface area (Å²) in [6.45, 7) is 12.7. The third-order valence-electron chi connectivity index (χ3n) is 4.41. The second kappa shape index (κ2) is 6.34. The highest BCUT2D eigenvalue weighted by Crippen LogP contribution is 2.22. The van der Waals surface area contributed by atoms with Crippen molar-refractivity contribution >= 4 is 11.6 Å². The number of nitrogens with one attached hydrogen (secondary N) is 1. The molecule has 5 nitrogen and oxygen atoms in total. The number of ketones is 2. The first-order valence-corrected chi connectivity index (χ1v) is 7.86. The molecule has 0 unspecified atom stereocenters. The molecule has 3 atom stereocenters. The molecule has 0 radical (unpaired) electrons. The van der Waals surface area contributed by atoms with Gasteiger partial charge in [-0.25, -0.2) is 0 Å². The van der Waals surface area contributed by atoms with Gasteiger partial charge < -0.3 is 9.72 Å². The molecule has 1 N–H and O–H groups in total. The number of aryl methyl sites for hydroxylation is 1. The van der Waals surface area contributed by atoms with E-state index in [2.05, 4.69) is 9.88 Å². The zero-order chi connectivity index (χ0) is 16.6. The number of carbonyl (C=O) groups is 2. The van der Waals surface area contributed by atoms with Crippen LogP contribution < -0.4 is 0 Å². The van der Waals surface area contributed by atoms with Crippen molar-refractivity contribution in [3.8, 4) is 0 Å². The Morgan fingerprint density at radius 1 is 1.23 bits per heavy atom. The molecule has 1 aromatic rings. The average Bonchev–Trinajstić information content (AvgIpc) is 2.71. The summed E-state index contributed by atoms with van der Waals surface area (Å²) in [4.78, 5) is 29.8. The fourth-order valence-electron chi connectivity index (χ4n) is 3.43. The van der Waals surface area contributed by atoms with Crippen molar-refractivity contribution in [1.82, 2.24) is 9.88 Å². The van der Waals surface area contributed by atoms with Crippen LogP contribution in [0, 0.1) is 13.8 Å². The standard InChI is InChI=1S/C17H26N2O3/c1-9-7-19(8-10(2)22-9)13(5)17(21)16-11(3)15(14(6)20)12(4)18-16/h9-10,13,18H,7-8H2,1-6H3/t9-,10+,13-/m0/s1. The number of aromatic amines is 1. The van der Waals surface area contributed by atoms with E-state index in [0.717, 1.165) is 24.3 Å². The Morgan fingerprint density at radius 3 is 2.23 bits per heavy atom. The summed E-state index contributed by atoms with van der Waals surface area (Å²) in [5, 5.41) is 0. The van der Waals surface area contributed by atoms with Gasteiger partial charge in [-0.3, -0.25) is 14.5 Å². The molecule has 0 spiro atoms. The van der Waals surface area contributed by atoms with Crippen LogP contribution in [0.1, 0.15) is 59.8 Å². The van der Waals surface area contributed by atoms with E-state index in [0.29, 0.717) is 11.3 Å². The molecule has 122 valence electrons. The number of H-pyrrole nitrogens is 1. The van der Waals surface area contributed by atoms with Crippen LogP contribution >= 0.6 is 0 Å². The maximum absolute atomic E-state index is 12.8. The van der Waals surface area contributed by atoms with E-state index >= 15 is 0 Å². The summed E-state index contributed by atoms with van der Waals surface area (Å²) >= 11 is 0. The van der Waals surface area contributed by atoms with Crippen molar-refractivity contribution in [2.45, 2.75) is 59.8 Å². The first kappa shape index (κ1) is 16.9. The number of ether oxygens (including phenoxy) is 1. The third kappa shape index (κ3) is 3.15. The Kier molecular flexibility index (Phi) is 4.87. The highest BCUT2D eigenvalue weighted by molar-refractivity contribution is 6.05. The molecule has 2 heterocycles. The molecule has 1 saturated heterocycles. The summed E-state index contributed by atoms with van der Waals surface area (Å²) in [6, 6.07) is -0.231. The van der Waals surface area contributed by atoms with Gasteiger partial charge in [0.15, 0.2) is 11.6 Å². The summed E-state index contributed by atoms with van der Waals surface area (Å²) in [6.07, 6.45) is 0.247. The molecule has 0 bridgehead atoms. The van der Waals surface area contributed by atoms with Gasteiger partial charge in [-0.2, -0.15) is 0 Å². The van der Waals surface area contributed by atoms with Crippen molar-refractivity contribution < 1.29 is 14.3 Å². The van der Waals surface area contributed by atoms with Crippen LogP contribution in [0.3, 0.4) is 0 Å². The van der Waals surface area contributed by atoms with E-state index in [-0.39, 0.29) is 29.8 Å². The number of aromatic nitrogens is 1. The third-order valence-corrected chi connectivity index (χ3v) is 4.41. The number of nitrogens with zero attached hydrogens (tertiary/aromatic N) is 1. The number of morpholine rings is 1. The van der Waals surface area contributed by atoms with E-state index in [1.807, 2.05) is 34.6 Å². The SMILES string of the molecule is CC(=O)c1c(C)[nH]c(C(=O)[C@H](C)N2C[C@@H](C)O[C@@H](C)C2)c1C. The van der Waals surface area contributed by atoms with Crippen LogP contribution in [0.15, 0.2) is 0 Å². The van der Waals surface area contributed by atoms with Crippen molar-refractivity contribution in [3.63, 3.8) is 0 Å². The molecule has 0 saturated carbocycles. The number of rotatable bonds is 4. The van der Waals surface area contributed by atoms with Crippen LogP contribution in [0.25, 0.3) is 0 Å². The number of hydrogen-bond donors (Lipinski definition) is 1. The monoisotopic (exact) mass is 306 g/mol. The zero-order valence-electron chi connectivity index (χ0n) is 14.3. The lowest BCUT2D eigenvalue weighted by molar-refractivity contribution is -0.0744. The van der Waals surface area contributed by atoms with E-state index in [9.17, 15) is 9.59 Å². The van der Waals surface area contributed by atoms with Gasteiger partial charge in [0.25, 0.3) is 0 Å². The fraction of sp³-hybridized carbons (Fsp3) is 0.647. The molecule has 1 aliphatic heterocycles. The number of carbonyl (C=O) groups excluding carboxylic acids is 2. The van der Waals surface area contributed by atoms with Gasteiger partial charge in [-0.15, -0.1) is 0 Å². The maximum atomic E-state index is 12.8. The summed E-state index contributed by atoms with van der Waals surface area (Å²) in [7, 11) is 0. The van der Waals surface area contributed by atoms with Gasteiger partial charge in [0.05, 0.1) is 23.9 Å². The highest BCUT2D eigenvalue weighted by atomic mass is 16.5. The molecule has 0 amide bonds. The molecule has 1 aliphatic rings. The molecule has 22 heavy (non-hydrogen) atoms. The summed E-state index contributed by atoms with van der Waals surface area (Å²) in [5.74, 6) is 0.0287. The lowest BCUT2D eigenvalue weighted by Crippen LogP contribution is -2.51. The molecule has 1 fully saturated rings. The van der Waals surface area contributed by atoms with E-state index in [1.54, 1.807) is 0 Å².